The highest BCUT2D eigenvalue weighted by molar-refractivity contribution is 5.65. The normalized spacial score (nSPS) is 16.8. The van der Waals surface area contributed by atoms with Gasteiger partial charge >= 0.3 is 0 Å². The van der Waals surface area contributed by atoms with E-state index in [0.29, 0.717) is 0 Å². The van der Waals surface area contributed by atoms with Crippen LogP contribution >= 0.6 is 0 Å². The fourth-order valence-electron chi connectivity index (χ4n) is 1.57. The molecule has 19 heavy (non-hydrogen) atoms. The van der Waals surface area contributed by atoms with E-state index in [2.05, 4.69) is 41.5 Å². The van der Waals surface area contributed by atoms with Crippen LogP contribution in [0.1, 0.15) is 41.5 Å². The molecule has 2 nitrogen and oxygen atoms in total. The minimum Gasteiger partial charge on any atom is -0.465 e. The van der Waals surface area contributed by atoms with Gasteiger partial charge in [-0.1, -0.05) is 53.7 Å². The molecule has 1 aliphatic rings. The van der Waals surface area contributed by atoms with Crippen molar-refractivity contribution in [2.24, 2.45) is 10.8 Å². The molecule has 0 aromatic carbocycles. The van der Waals surface area contributed by atoms with Crippen LogP contribution in [0.25, 0.3) is 0 Å². The summed E-state index contributed by atoms with van der Waals surface area (Å²) in [6.07, 6.45) is 10.0. The number of carbonyl (C=O) groups is 1. The lowest BCUT2D eigenvalue weighted by Crippen LogP contribution is -2.21. The molecule has 0 unspecified atom stereocenters. The van der Waals surface area contributed by atoms with Crippen LogP contribution in [0, 0.1) is 10.8 Å². The Balaban J connectivity index is 3.18. The van der Waals surface area contributed by atoms with Crippen LogP contribution in [0.3, 0.4) is 0 Å². The highest BCUT2D eigenvalue weighted by Gasteiger charge is 2.28. The fourth-order valence-corrected chi connectivity index (χ4v) is 1.57. The van der Waals surface area contributed by atoms with Gasteiger partial charge in [0, 0.05) is 10.8 Å². The molecule has 0 radical (unpaired) electrons. The van der Waals surface area contributed by atoms with Gasteiger partial charge in [0.2, 0.25) is 0 Å². The monoisotopic (exact) mass is 260 g/mol. The third-order valence-corrected chi connectivity index (χ3v) is 2.77. The van der Waals surface area contributed by atoms with E-state index >= 15 is 0 Å². The van der Waals surface area contributed by atoms with Crippen molar-refractivity contribution in [3.05, 3.63) is 47.5 Å². The van der Waals surface area contributed by atoms with Gasteiger partial charge < -0.3 is 4.74 Å². The van der Waals surface area contributed by atoms with E-state index in [1.807, 2.05) is 18.2 Å². The summed E-state index contributed by atoms with van der Waals surface area (Å²) >= 11 is 0. The first-order chi connectivity index (χ1) is 8.64. The Morgan fingerprint density at radius 2 is 1.37 bits per heavy atom. The van der Waals surface area contributed by atoms with E-state index in [1.165, 1.54) is 6.08 Å². The Morgan fingerprint density at radius 1 is 0.895 bits per heavy atom. The van der Waals surface area contributed by atoms with Gasteiger partial charge in [-0.3, -0.25) is 4.79 Å². The standard InChI is InChI=1S/C17H24O2/c1-16(2,3)14-11-13(9-7-8-10-18)12-15(19-14)17(4,5)6/h7-12H,1-6H3. The molecule has 0 aliphatic carbocycles. The molecule has 2 heteroatoms. The molecule has 0 atom stereocenters. The first-order valence-electron chi connectivity index (χ1n) is 6.59. The zero-order valence-electron chi connectivity index (χ0n) is 12.8. The first kappa shape index (κ1) is 15.5. The van der Waals surface area contributed by atoms with Crippen LogP contribution in [0.2, 0.25) is 0 Å². The van der Waals surface area contributed by atoms with E-state index in [-0.39, 0.29) is 10.8 Å². The second kappa shape index (κ2) is 5.60. The lowest BCUT2D eigenvalue weighted by molar-refractivity contribution is -0.104. The second-order valence-electron chi connectivity index (χ2n) is 6.81. The van der Waals surface area contributed by atoms with Crippen molar-refractivity contribution in [1.82, 2.24) is 0 Å². The number of hydrogen-bond donors (Lipinski definition) is 0. The van der Waals surface area contributed by atoms with Crippen LogP contribution in [0.15, 0.2) is 47.5 Å². The predicted octanol–water partition coefficient (Wildman–Crippen LogP) is 4.56. The molecule has 0 aromatic heterocycles. The number of rotatable bonds is 2. The molecule has 0 saturated carbocycles. The Hall–Kier alpha value is -1.57. The van der Waals surface area contributed by atoms with Gasteiger partial charge in [-0.2, -0.15) is 0 Å². The highest BCUT2D eigenvalue weighted by Crippen LogP contribution is 2.38. The zero-order valence-corrected chi connectivity index (χ0v) is 12.8. The fraction of sp³-hybridized carbons (Fsp3) is 0.471. The molecule has 0 aromatic rings. The largest absolute Gasteiger partial charge is 0.465 e. The van der Waals surface area contributed by atoms with E-state index in [1.54, 1.807) is 6.08 Å². The van der Waals surface area contributed by atoms with Crippen LogP contribution < -0.4 is 0 Å². The van der Waals surface area contributed by atoms with Crippen LogP contribution in [-0.2, 0) is 9.53 Å². The van der Waals surface area contributed by atoms with Crippen molar-refractivity contribution in [3.8, 4) is 0 Å². The molecule has 0 saturated heterocycles. The lowest BCUT2D eigenvalue weighted by atomic mass is 9.87. The molecule has 104 valence electrons. The molecule has 0 fully saturated rings. The summed E-state index contributed by atoms with van der Waals surface area (Å²) in [5.41, 5.74) is 0.968. The highest BCUT2D eigenvalue weighted by atomic mass is 16.5. The quantitative estimate of drug-likeness (QED) is 0.537. The number of allylic oxidation sites excluding steroid dienone is 8. The minimum atomic E-state index is -0.0434. The number of hydrogen-bond acceptors (Lipinski definition) is 2. The maximum Gasteiger partial charge on any atom is 0.142 e. The smallest absolute Gasteiger partial charge is 0.142 e. The molecule has 0 bridgehead atoms. The number of aldehydes is 1. The third-order valence-electron chi connectivity index (χ3n) is 2.77. The predicted molar refractivity (Wildman–Crippen MR) is 79.4 cm³/mol. The Labute approximate surface area is 116 Å². The molecule has 0 spiro atoms. The molecule has 1 aliphatic heterocycles. The maximum absolute atomic E-state index is 10.3. The zero-order chi connectivity index (χ0) is 14.7. The van der Waals surface area contributed by atoms with Crippen LogP contribution in [-0.4, -0.2) is 6.29 Å². The Bertz CT molecular complexity index is 428. The Kier molecular flexibility index (Phi) is 4.56. The van der Waals surface area contributed by atoms with Crippen molar-refractivity contribution < 1.29 is 9.53 Å². The lowest BCUT2D eigenvalue weighted by Gasteiger charge is -2.32. The molecule has 0 N–H and O–H groups in total. The van der Waals surface area contributed by atoms with E-state index in [0.717, 1.165) is 23.4 Å². The molecule has 1 rings (SSSR count). The van der Waals surface area contributed by atoms with Gasteiger partial charge in [-0.15, -0.1) is 0 Å². The van der Waals surface area contributed by atoms with Crippen LogP contribution in [0.4, 0.5) is 0 Å². The summed E-state index contributed by atoms with van der Waals surface area (Å²) in [7, 11) is 0. The summed E-state index contributed by atoms with van der Waals surface area (Å²) in [5.74, 6) is 1.90. The topological polar surface area (TPSA) is 26.3 Å². The van der Waals surface area contributed by atoms with Gasteiger partial charge in [-0.25, -0.2) is 0 Å². The van der Waals surface area contributed by atoms with Crippen molar-refractivity contribution in [2.45, 2.75) is 41.5 Å². The van der Waals surface area contributed by atoms with Gasteiger partial charge in [0.1, 0.15) is 17.8 Å². The Morgan fingerprint density at radius 3 is 1.74 bits per heavy atom. The maximum atomic E-state index is 10.3. The van der Waals surface area contributed by atoms with Gasteiger partial charge in [0.05, 0.1) is 0 Å². The SMILES string of the molecule is CC(C)(C)C1=CC(=CC=CC=O)C=C(C(C)(C)C)O1. The third kappa shape index (κ3) is 4.55. The van der Waals surface area contributed by atoms with Gasteiger partial charge in [0.15, 0.2) is 0 Å². The van der Waals surface area contributed by atoms with Crippen molar-refractivity contribution in [1.29, 1.82) is 0 Å². The van der Waals surface area contributed by atoms with Gasteiger partial charge in [-0.05, 0) is 23.8 Å². The summed E-state index contributed by atoms with van der Waals surface area (Å²) < 4.78 is 6.04. The van der Waals surface area contributed by atoms with Gasteiger partial charge in [0.25, 0.3) is 0 Å². The second-order valence-corrected chi connectivity index (χ2v) is 6.81. The summed E-state index contributed by atoms with van der Waals surface area (Å²) in [5, 5.41) is 0. The van der Waals surface area contributed by atoms with E-state index < -0.39 is 0 Å². The average molecular weight is 260 g/mol. The number of carbonyl (C=O) groups excluding carboxylic acids is 1. The molecular formula is C17H24O2. The minimum absolute atomic E-state index is 0.0434. The van der Waals surface area contributed by atoms with Crippen molar-refractivity contribution in [2.75, 3.05) is 0 Å². The molecular weight excluding hydrogens is 236 g/mol. The summed E-state index contributed by atoms with van der Waals surface area (Å²) in [4.78, 5) is 10.3. The molecule has 0 amide bonds. The summed E-state index contributed by atoms with van der Waals surface area (Å²) in [6.45, 7) is 12.8. The van der Waals surface area contributed by atoms with Crippen molar-refractivity contribution in [3.63, 3.8) is 0 Å². The van der Waals surface area contributed by atoms with Crippen LogP contribution in [0.5, 0.6) is 0 Å². The first-order valence-corrected chi connectivity index (χ1v) is 6.59. The van der Waals surface area contributed by atoms with Crippen molar-refractivity contribution >= 4 is 6.29 Å². The molecule has 1 heterocycles. The van der Waals surface area contributed by atoms with E-state index in [4.69, 9.17) is 4.74 Å². The average Bonchev–Trinajstić information content (AvgIpc) is 2.27. The summed E-state index contributed by atoms with van der Waals surface area (Å²) in [6, 6.07) is 0. The number of ether oxygens (including phenoxy) is 1. The van der Waals surface area contributed by atoms with E-state index in [9.17, 15) is 4.79 Å².